The molecule has 0 bridgehead atoms. The van der Waals surface area contributed by atoms with E-state index in [0.29, 0.717) is 18.5 Å². The third-order valence-electron chi connectivity index (χ3n) is 6.14. The summed E-state index contributed by atoms with van der Waals surface area (Å²) in [5.41, 5.74) is 0.919. The van der Waals surface area contributed by atoms with Crippen LogP contribution >= 0.6 is 0 Å². The molecule has 1 aromatic carbocycles. The van der Waals surface area contributed by atoms with Crippen LogP contribution in [-0.4, -0.2) is 61.4 Å². The first-order valence-electron chi connectivity index (χ1n) is 12.1. The molecule has 38 heavy (non-hydrogen) atoms. The second kappa shape index (κ2) is 11.2. The fourth-order valence-corrected chi connectivity index (χ4v) is 4.30. The quantitative estimate of drug-likeness (QED) is 0.279. The van der Waals surface area contributed by atoms with Crippen LogP contribution in [0.4, 0.5) is 16.3 Å². The van der Waals surface area contributed by atoms with E-state index in [1.807, 2.05) is 13.8 Å². The molecule has 13 nitrogen and oxygen atoms in total. The normalized spacial score (nSPS) is 16.7. The molecule has 1 aliphatic carbocycles. The summed E-state index contributed by atoms with van der Waals surface area (Å²) >= 11 is 0. The third kappa shape index (κ3) is 5.99. The van der Waals surface area contributed by atoms with Gasteiger partial charge in [-0.25, -0.2) is 4.79 Å². The molecule has 2 atom stereocenters. The topological polar surface area (TPSA) is 180 Å². The standard InChI is InChI=1S/C25H29N7O6/c1-13(2)26-25(37)38-15-8-7-14(9-15)18-11-22(30-29-18)28-24(36)20-10-19(31-32(20)3)23(35)27-17-5-4-6-21(34)16(17)12-33/h4-6,10-15,34H,7-9H2,1-3H3,(H,26,37)(H,27,35)(H2,28,29,30,36)/t14-,15+/m0/s1. The number of phenols is 1. The van der Waals surface area contributed by atoms with E-state index in [0.717, 1.165) is 18.5 Å². The van der Waals surface area contributed by atoms with Crippen LogP contribution < -0.4 is 16.0 Å². The van der Waals surface area contributed by atoms with Crippen molar-refractivity contribution in [1.82, 2.24) is 25.3 Å². The first-order chi connectivity index (χ1) is 18.1. The zero-order valence-electron chi connectivity index (χ0n) is 21.1. The number of rotatable bonds is 8. The Labute approximate surface area is 217 Å². The van der Waals surface area contributed by atoms with Crippen LogP contribution in [0, 0.1) is 0 Å². The number of nitrogens with one attached hydrogen (secondary N) is 4. The summed E-state index contributed by atoms with van der Waals surface area (Å²) in [4.78, 5) is 48.6. The highest BCUT2D eigenvalue weighted by atomic mass is 16.6. The van der Waals surface area contributed by atoms with Crippen molar-refractivity contribution in [3.8, 4) is 5.75 Å². The van der Waals surface area contributed by atoms with E-state index in [9.17, 15) is 24.3 Å². The molecule has 1 aliphatic rings. The van der Waals surface area contributed by atoms with Crippen LogP contribution in [0.1, 0.15) is 76.1 Å². The van der Waals surface area contributed by atoms with Gasteiger partial charge in [-0.15, -0.1) is 0 Å². The van der Waals surface area contributed by atoms with Crippen molar-refractivity contribution >= 4 is 35.7 Å². The van der Waals surface area contributed by atoms with Gasteiger partial charge in [-0.1, -0.05) is 6.07 Å². The van der Waals surface area contributed by atoms with Gasteiger partial charge in [0.25, 0.3) is 11.8 Å². The van der Waals surface area contributed by atoms with Gasteiger partial charge in [-0.2, -0.15) is 10.2 Å². The van der Waals surface area contributed by atoms with Gasteiger partial charge in [0.15, 0.2) is 17.8 Å². The second-order valence-electron chi connectivity index (χ2n) is 9.35. The lowest BCUT2D eigenvalue weighted by atomic mass is 10.0. The maximum Gasteiger partial charge on any atom is 0.407 e. The molecule has 1 saturated carbocycles. The zero-order chi connectivity index (χ0) is 27.4. The average Bonchev–Trinajstić information content (AvgIpc) is 3.58. The maximum absolute atomic E-state index is 12.9. The summed E-state index contributed by atoms with van der Waals surface area (Å²) in [6, 6.07) is 7.31. The molecule has 0 radical (unpaired) electrons. The minimum absolute atomic E-state index is 0.00276. The van der Waals surface area contributed by atoms with Crippen LogP contribution in [-0.2, 0) is 11.8 Å². The molecule has 3 aromatic rings. The average molecular weight is 524 g/mol. The number of alkyl carbamates (subject to hydrolysis) is 1. The van der Waals surface area contributed by atoms with Crippen LogP contribution in [0.15, 0.2) is 30.3 Å². The van der Waals surface area contributed by atoms with Crippen molar-refractivity contribution in [3.05, 3.63) is 53.0 Å². The number of aromatic amines is 1. The summed E-state index contributed by atoms with van der Waals surface area (Å²) in [5, 5.41) is 28.9. The Morgan fingerprint density at radius 3 is 2.71 bits per heavy atom. The number of amides is 3. The molecule has 2 heterocycles. The van der Waals surface area contributed by atoms with Crippen molar-refractivity contribution in [1.29, 1.82) is 0 Å². The molecule has 5 N–H and O–H groups in total. The number of anilines is 2. The van der Waals surface area contributed by atoms with E-state index in [-0.39, 0.29) is 46.5 Å². The number of nitrogens with zero attached hydrogens (tertiary/aromatic N) is 3. The number of aromatic hydroxyl groups is 1. The minimum atomic E-state index is -0.657. The Kier molecular flexibility index (Phi) is 7.74. The van der Waals surface area contributed by atoms with Crippen molar-refractivity contribution in [3.63, 3.8) is 0 Å². The third-order valence-corrected chi connectivity index (χ3v) is 6.14. The van der Waals surface area contributed by atoms with Crippen LogP contribution in [0.2, 0.25) is 0 Å². The number of phenolic OH excluding ortho intramolecular Hbond substituents is 1. The van der Waals surface area contributed by atoms with Crippen molar-refractivity contribution in [2.24, 2.45) is 7.05 Å². The molecule has 13 heteroatoms. The largest absolute Gasteiger partial charge is 0.507 e. The fourth-order valence-electron chi connectivity index (χ4n) is 4.30. The summed E-state index contributed by atoms with van der Waals surface area (Å²) in [7, 11) is 1.51. The summed E-state index contributed by atoms with van der Waals surface area (Å²) in [5.74, 6) is -1.05. The van der Waals surface area contributed by atoms with Gasteiger partial charge in [0.2, 0.25) is 0 Å². The predicted octanol–water partition coefficient (Wildman–Crippen LogP) is 2.94. The van der Waals surface area contributed by atoms with E-state index in [1.165, 1.54) is 36.0 Å². The number of aryl methyl sites for hydroxylation is 1. The molecule has 0 unspecified atom stereocenters. The van der Waals surface area contributed by atoms with Gasteiger partial charge in [0, 0.05) is 36.8 Å². The van der Waals surface area contributed by atoms with Gasteiger partial charge >= 0.3 is 6.09 Å². The lowest BCUT2D eigenvalue weighted by Gasteiger charge is -2.14. The SMILES string of the molecule is CC(C)NC(=O)O[C@@H]1CC[C@H](c2cc(NC(=O)c3cc(C(=O)Nc4cccc(O)c4C=O)nn3C)n[nH]2)C1. The van der Waals surface area contributed by atoms with E-state index < -0.39 is 17.9 Å². The molecule has 2 aromatic heterocycles. The number of hydrogen-bond donors (Lipinski definition) is 5. The highest BCUT2D eigenvalue weighted by Gasteiger charge is 2.30. The van der Waals surface area contributed by atoms with Gasteiger partial charge in [-0.3, -0.25) is 24.2 Å². The minimum Gasteiger partial charge on any atom is -0.507 e. The molecule has 200 valence electrons. The zero-order valence-corrected chi connectivity index (χ0v) is 21.1. The van der Waals surface area contributed by atoms with E-state index >= 15 is 0 Å². The predicted molar refractivity (Wildman–Crippen MR) is 136 cm³/mol. The highest BCUT2D eigenvalue weighted by Crippen LogP contribution is 2.36. The summed E-state index contributed by atoms with van der Waals surface area (Å²) in [6.45, 7) is 3.73. The highest BCUT2D eigenvalue weighted by molar-refractivity contribution is 6.08. The molecule has 3 amide bonds. The fraction of sp³-hybridized carbons (Fsp3) is 0.360. The number of hydrogen-bond acceptors (Lipinski definition) is 8. The number of H-pyrrole nitrogens is 1. The monoisotopic (exact) mass is 523 g/mol. The molecule has 4 rings (SSSR count). The van der Waals surface area contributed by atoms with Crippen LogP contribution in [0.5, 0.6) is 5.75 Å². The first kappa shape index (κ1) is 26.4. The van der Waals surface area contributed by atoms with Gasteiger partial charge in [-0.05, 0) is 45.2 Å². The maximum atomic E-state index is 12.9. The second-order valence-corrected chi connectivity index (χ2v) is 9.35. The van der Waals surface area contributed by atoms with Gasteiger partial charge in [0.1, 0.15) is 17.5 Å². The number of aldehydes is 1. The number of benzene rings is 1. The Morgan fingerprint density at radius 2 is 1.97 bits per heavy atom. The van der Waals surface area contributed by atoms with Crippen LogP contribution in [0.3, 0.4) is 0 Å². The van der Waals surface area contributed by atoms with E-state index in [1.54, 1.807) is 6.07 Å². The molecular weight excluding hydrogens is 494 g/mol. The Balaban J connectivity index is 1.37. The molecule has 0 aliphatic heterocycles. The van der Waals surface area contributed by atoms with E-state index in [4.69, 9.17) is 4.74 Å². The number of ether oxygens (including phenoxy) is 1. The molecule has 0 spiro atoms. The van der Waals surface area contributed by atoms with Crippen molar-refractivity contribution < 1.29 is 29.0 Å². The first-order valence-corrected chi connectivity index (χ1v) is 12.1. The Bertz CT molecular complexity index is 1360. The van der Waals surface area contributed by atoms with Crippen molar-refractivity contribution in [2.45, 2.75) is 51.2 Å². The smallest absolute Gasteiger partial charge is 0.407 e. The Hall–Kier alpha value is -4.68. The van der Waals surface area contributed by atoms with Crippen molar-refractivity contribution in [2.75, 3.05) is 10.6 Å². The van der Waals surface area contributed by atoms with E-state index in [2.05, 4.69) is 31.2 Å². The lowest BCUT2D eigenvalue weighted by molar-refractivity contribution is 0.0977. The van der Waals surface area contributed by atoms with Gasteiger partial charge in [0.05, 0.1) is 11.3 Å². The Morgan fingerprint density at radius 1 is 1.18 bits per heavy atom. The van der Waals surface area contributed by atoms with Gasteiger partial charge < -0.3 is 25.8 Å². The lowest BCUT2D eigenvalue weighted by Crippen LogP contribution is -2.33. The molecule has 0 saturated heterocycles. The molecule has 1 fully saturated rings. The van der Waals surface area contributed by atoms with Crippen LogP contribution in [0.25, 0.3) is 0 Å². The summed E-state index contributed by atoms with van der Waals surface area (Å²) < 4.78 is 6.72. The number of aromatic nitrogens is 4. The molecular formula is C25H29N7O6. The number of carbonyl (C=O) groups excluding carboxylic acids is 4. The number of carbonyl (C=O) groups is 4. The summed E-state index contributed by atoms with van der Waals surface area (Å²) in [6.07, 6.45) is 1.99.